The summed E-state index contributed by atoms with van der Waals surface area (Å²) < 4.78 is 0. The van der Waals surface area contributed by atoms with Gasteiger partial charge in [-0.3, -0.25) is 0 Å². The van der Waals surface area contributed by atoms with Crippen LogP contribution in [0.4, 0.5) is 4.79 Å². The molecule has 0 saturated heterocycles. The topological polar surface area (TPSA) is 92.4 Å². The maximum Gasteiger partial charge on any atom is 0.327 e. The van der Waals surface area contributed by atoms with E-state index in [1.54, 1.807) is 13.2 Å². The Kier molecular flexibility index (Phi) is 4.50. The molecule has 2 unspecified atom stereocenters. The van der Waals surface area contributed by atoms with E-state index in [9.17, 15) is 9.59 Å². The summed E-state index contributed by atoms with van der Waals surface area (Å²) >= 11 is 1.35. The minimum absolute atomic E-state index is 0.199. The van der Waals surface area contributed by atoms with Crippen LogP contribution in [-0.2, 0) is 4.79 Å². The summed E-state index contributed by atoms with van der Waals surface area (Å²) in [4.78, 5) is 20.9. The molecule has 0 aromatic heterocycles. The number of carboxylic acids is 1. The van der Waals surface area contributed by atoms with Crippen molar-refractivity contribution in [2.45, 2.75) is 18.2 Å². The molecule has 0 aliphatic carbocycles. The number of primary amides is 1. The third kappa shape index (κ3) is 3.47. The number of urea groups is 1. The highest BCUT2D eigenvalue weighted by Gasteiger charge is 2.24. The van der Waals surface area contributed by atoms with Crippen molar-refractivity contribution in [3.8, 4) is 0 Å². The van der Waals surface area contributed by atoms with Crippen LogP contribution in [-0.4, -0.2) is 34.7 Å². The van der Waals surface area contributed by atoms with E-state index in [-0.39, 0.29) is 5.25 Å². The number of thioether (sulfide) groups is 1. The Morgan fingerprint density at radius 3 is 2.33 bits per heavy atom. The van der Waals surface area contributed by atoms with Gasteiger partial charge in [0.25, 0.3) is 0 Å². The molecule has 6 heteroatoms. The molecule has 70 valence electrons. The van der Waals surface area contributed by atoms with E-state index in [0.29, 0.717) is 0 Å². The zero-order valence-electron chi connectivity index (χ0n) is 6.90. The molecule has 4 N–H and O–H groups in total. The third-order valence-corrected chi connectivity index (χ3v) is 2.42. The van der Waals surface area contributed by atoms with Crippen LogP contribution < -0.4 is 11.1 Å². The fraction of sp³-hybridized carbons (Fsp3) is 0.667. The van der Waals surface area contributed by atoms with Crippen molar-refractivity contribution in [1.29, 1.82) is 0 Å². The Bertz CT molecular complexity index is 186. The lowest BCUT2D eigenvalue weighted by atomic mass is 10.2. The molecule has 12 heavy (non-hydrogen) atoms. The fourth-order valence-electron chi connectivity index (χ4n) is 0.669. The van der Waals surface area contributed by atoms with Crippen LogP contribution in [0.15, 0.2) is 0 Å². The van der Waals surface area contributed by atoms with E-state index < -0.39 is 18.0 Å². The first-order valence-corrected chi connectivity index (χ1v) is 4.59. The van der Waals surface area contributed by atoms with Gasteiger partial charge in [0.2, 0.25) is 0 Å². The SMILES string of the molecule is CSC(C)C(NC(N)=O)C(=O)O. The van der Waals surface area contributed by atoms with Gasteiger partial charge in [-0.1, -0.05) is 6.92 Å². The summed E-state index contributed by atoms with van der Waals surface area (Å²) in [5.74, 6) is -1.07. The summed E-state index contributed by atoms with van der Waals surface area (Å²) in [6.45, 7) is 1.71. The summed E-state index contributed by atoms with van der Waals surface area (Å²) in [7, 11) is 0. The van der Waals surface area contributed by atoms with Gasteiger partial charge in [-0.2, -0.15) is 11.8 Å². The summed E-state index contributed by atoms with van der Waals surface area (Å²) in [6, 6.07) is -1.74. The van der Waals surface area contributed by atoms with Crippen LogP contribution in [0.5, 0.6) is 0 Å². The second-order valence-electron chi connectivity index (χ2n) is 2.27. The second kappa shape index (κ2) is 4.87. The monoisotopic (exact) mass is 192 g/mol. The van der Waals surface area contributed by atoms with Crippen molar-refractivity contribution >= 4 is 23.8 Å². The largest absolute Gasteiger partial charge is 0.480 e. The zero-order valence-corrected chi connectivity index (χ0v) is 7.72. The highest BCUT2D eigenvalue weighted by molar-refractivity contribution is 7.99. The summed E-state index contributed by atoms with van der Waals surface area (Å²) in [6.07, 6.45) is 1.77. The predicted molar refractivity (Wildman–Crippen MR) is 47.1 cm³/mol. The Balaban J connectivity index is 4.22. The van der Waals surface area contributed by atoms with Crippen molar-refractivity contribution in [3.63, 3.8) is 0 Å². The molecule has 0 aromatic carbocycles. The lowest BCUT2D eigenvalue weighted by molar-refractivity contribution is -0.139. The first-order chi connectivity index (χ1) is 5.49. The molecular formula is C6H12N2O3S. The number of amides is 2. The maximum absolute atomic E-state index is 10.6. The lowest BCUT2D eigenvalue weighted by Gasteiger charge is -2.17. The molecule has 0 spiro atoms. The van der Waals surface area contributed by atoms with Crippen molar-refractivity contribution in [1.82, 2.24) is 5.32 Å². The highest BCUT2D eigenvalue weighted by atomic mass is 32.2. The molecule has 2 amide bonds. The average molecular weight is 192 g/mol. The van der Waals surface area contributed by atoms with Gasteiger partial charge in [0.1, 0.15) is 6.04 Å². The van der Waals surface area contributed by atoms with Gasteiger partial charge in [0.05, 0.1) is 0 Å². The summed E-state index contributed by atoms with van der Waals surface area (Å²) in [5.41, 5.74) is 4.80. The molecule has 0 aliphatic heterocycles. The summed E-state index contributed by atoms with van der Waals surface area (Å²) in [5, 5.41) is 10.6. The van der Waals surface area contributed by atoms with Crippen molar-refractivity contribution in [2.75, 3.05) is 6.26 Å². The number of carbonyl (C=O) groups excluding carboxylic acids is 1. The van der Waals surface area contributed by atoms with E-state index in [2.05, 4.69) is 5.32 Å². The Morgan fingerprint density at radius 1 is 1.58 bits per heavy atom. The number of hydrogen-bond donors (Lipinski definition) is 3. The van der Waals surface area contributed by atoms with E-state index in [4.69, 9.17) is 10.8 Å². The Hall–Kier alpha value is -0.910. The highest BCUT2D eigenvalue weighted by Crippen LogP contribution is 2.10. The number of aliphatic carboxylic acids is 1. The Labute approximate surface area is 74.7 Å². The van der Waals surface area contributed by atoms with Crippen LogP contribution in [0.3, 0.4) is 0 Å². The van der Waals surface area contributed by atoms with Gasteiger partial charge in [-0.05, 0) is 6.26 Å². The van der Waals surface area contributed by atoms with Crippen molar-refractivity contribution in [3.05, 3.63) is 0 Å². The fourth-order valence-corrected chi connectivity index (χ4v) is 1.13. The molecule has 0 heterocycles. The normalized spacial score (nSPS) is 14.8. The first-order valence-electron chi connectivity index (χ1n) is 3.30. The van der Waals surface area contributed by atoms with Crippen LogP contribution in [0.2, 0.25) is 0 Å². The van der Waals surface area contributed by atoms with Gasteiger partial charge in [0.15, 0.2) is 0 Å². The number of rotatable bonds is 4. The molecule has 0 bridgehead atoms. The predicted octanol–water partition coefficient (Wildman–Crippen LogP) is -0.141. The molecule has 0 fully saturated rings. The molecule has 0 aromatic rings. The quantitative estimate of drug-likeness (QED) is 0.578. The van der Waals surface area contributed by atoms with Crippen molar-refractivity contribution < 1.29 is 14.7 Å². The zero-order chi connectivity index (χ0) is 9.72. The van der Waals surface area contributed by atoms with E-state index in [1.165, 1.54) is 11.8 Å². The number of hydrogen-bond acceptors (Lipinski definition) is 3. The lowest BCUT2D eigenvalue weighted by Crippen LogP contribution is -2.48. The van der Waals surface area contributed by atoms with E-state index in [1.807, 2.05) is 0 Å². The standard InChI is InChI=1S/C6H12N2O3S/c1-3(12-2)4(5(9)10)8-6(7)11/h3-4H,1-2H3,(H,9,10)(H3,7,8,11). The molecule has 0 rings (SSSR count). The van der Waals surface area contributed by atoms with Crippen LogP contribution >= 0.6 is 11.8 Å². The number of carbonyl (C=O) groups is 2. The molecule has 5 nitrogen and oxygen atoms in total. The molecule has 2 atom stereocenters. The molecule has 0 aliphatic rings. The van der Waals surface area contributed by atoms with Crippen molar-refractivity contribution in [2.24, 2.45) is 5.73 Å². The van der Waals surface area contributed by atoms with Crippen LogP contribution in [0, 0.1) is 0 Å². The molecule has 0 saturated carbocycles. The van der Waals surface area contributed by atoms with E-state index in [0.717, 1.165) is 0 Å². The average Bonchev–Trinajstić information content (AvgIpc) is 1.98. The minimum atomic E-state index is -1.07. The first kappa shape index (κ1) is 11.1. The van der Waals surface area contributed by atoms with Gasteiger partial charge in [-0.25, -0.2) is 9.59 Å². The smallest absolute Gasteiger partial charge is 0.327 e. The number of nitrogens with one attached hydrogen (secondary N) is 1. The van der Waals surface area contributed by atoms with Gasteiger partial charge in [0, 0.05) is 5.25 Å². The van der Waals surface area contributed by atoms with Crippen LogP contribution in [0.1, 0.15) is 6.92 Å². The minimum Gasteiger partial charge on any atom is -0.480 e. The molecule has 0 radical (unpaired) electrons. The molecular weight excluding hydrogens is 180 g/mol. The van der Waals surface area contributed by atoms with Gasteiger partial charge in [-0.15, -0.1) is 0 Å². The van der Waals surface area contributed by atoms with Gasteiger partial charge >= 0.3 is 12.0 Å². The van der Waals surface area contributed by atoms with Gasteiger partial charge < -0.3 is 16.2 Å². The van der Waals surface area contributed by atoms with Crippen LogP contribution in [0.25, 0.3) is 0 Å². The van der Waals surface area contributed by atoms with E-state index >= 15 is 0 Å². The second-order valence-corrected chi connectivity index (χ2v) is 3.48. The number of carboxylic acid groups (broad SMARTS) is 1. The third-order valence-electron chi connectivity index (χ3n) is 1.41. The Morgan fingerprint density at radius 2 is 2.08 bits per heavy atom. The maximum atomic E-state index is 10.6. The number of nitrogens with two attached hydrogens (primary N) is 1.